The summed E-state index contributed by atoms with van der Waals surface area (Å²) in [7, 11) is 0. The average Bonchev–Trinajstić information content (AvgIpc) is 3.54. The van der Waals surface area contributed by atoms with Gasteiger partial charge in [0.2, 0.25) is 0 Å². The number of benzene rings is 1. The van der Waals surface area contributed by atoms with Crippen LogP contribution in [0.4, 0.5) is 0 Å². The van der Waals surface area contributed by atoms with E-state index < -0.39 is 0 Å². The molecule has 1 aliphatic rings. The lowest BCUT2D eigenvalue weighted by Crippen LogP contribution is -2.43. The molecule has 1 fully saturated rings. The van der Waals surface area contributed by atoms with Crippen molar-refractivity contribution in [2.24, 2.45) is 0 Å². The maximum atomic E-state index is 13.1. The van der Waals surface area contributed by atoms with Crippen molar-refractivity contribution in [3.8, 4) is 5.69 Å². The minimum absolute atomic E-state index is 0.0324. The van der Waals surface area contributed by atoms with E-state index in [-0.39, 0.29) is 11.9 Å². The Hall–Kier alpha value is -2.52. The van der Waals surface area contributed by atoms with Gasteiger partial charge in [0.15, 0.2) is 0 Å². The Kier molecular flexibility index (Phi) is 5.87. The fourth-order valence-corrected chi connectivity index (χ4v) is 5.92. The third kappa shape index (κ3) is 4.16. The van der Waals surface area contributed by atoms with Crippen molar-refractivity contribution in [3.05, 3.63) is 69.4 Å². The van der Waals surface area contributed by atoms with Crippen LogP contribution in [0.3, 0.4) is 0 Å². The van der Waals surface area contributed by atoms with Crippen molar-refractivity contribution < 1.29 is 9.53 Å². The predicted octanol–water partition coefficient (Wildman–Crippen LogP) is 4.26. The summed E-state index contributed by atoms with van der Waals surface area (Å²) in [6.45, 7) is 5.81. The van der Waals surface area contributed by atoms with Gasteiger partial charge >= 0.3 is 0 Å². The van der Waals surface area contributed by atoms with Crippen molar-refractivity contribution >= 4 is 38.8 Å². The lowest BCUT2D eigenvalue weighted by Gasteiger charge is -2.34. The first-order valence-corrected chi connectivity index (χ1v) is 12.1. The van der Waals surface area contributed by atoms with E-state index in [9.17, 15) is 4.79 Å². The fraction of sp³-hybridized carbons (Fsp3) is 0.304. The van der Waals surface area contributed by atoms with Gasteiger partial charge in [-0.05, 0) is 36.6 Å². The molecule has 6 nitrogen and oxygen atoms in total. The second kappa shape index (κ2) is 8.92. The monoisotopic (exact) mass is 452 g/mol. The van der Waals surface area contributed by atoms with E-state index in [1.807, 2.05) is 48.0 Å². The summed E-state index contributed by atoms with van der Waals surface area (Å²) >= 11 is 3.23. The smallest absolute Gasteiger partial charge is 0.261 e. The molecule has 0 saturated carbocycles. The number of nitrogens with zero attached hydrogens (tertiary/aromatic N) is 3. The molecule has 1 amide bonds. The van der Waals surface area contributed by atoms with Gasteiger partial charge in [-0.3, -0.25) is 9.69 Å². The number of ether oxygens (including phenoxy) is 1. The van der Waals surface area contributed by atoms with Gasteiger partial charge in [0.1, 0.15) is 4.83 Å². The van der Waals surface area contributed by atoms with Crippen LogP contribution in [-0.2, 0) is 4.74 Å². The number of aromatic nitrogens is 2. The fourth-order valence-electron chi connectivity index (χ4n) is 3.96. The molecule has 4 aromatic rings. The second-order valence-corrected chi connectivity index (χ2v) is 9.56. The number of fused-ring (bicyclic) bond motifs is 1. The van der Waals surface area contributed by atoms with Gasteiger partial charge in [-0.25, -0.2) is 4.68 Å². The highest BCUT2D eigenvalue weighted by Gasteiger charge is 2.25. The summed E-state index contributed by atoms with van der Waals surface area (Å²) in [5.74, 6) is -0.0324. The van der Waals surface area contributed by atoms with E-state index in [1.54, 1.807) is 11.3 Å². The zero-order valence-corrected chi connectivity index (χ0v) is 18.9. The van der Waals surface area contributed by atoms with E-state index in [0.717, 1.165) is 47.9 Å². The second-order valence-electron chi connectivity index (χ2n) is 7.55. The molecule has 3 aromatic heterocycles. The van der Waals surface area contributed by atoms with E-state index in [0.29, 0.717) is 11.4 Å². The van der Waals surface area contributed by atoms with Crippen LogP contribution >= 0.6 is 22.7 Å². The summed E-state index contributed by atoms with van der Waals surface area (Å²) in [4.78, 5) is 18.4. The first kappa shape index (κ1) is 20.4. The lowest BCUT2D eigenvalue weighted by atomic mass is 10.2. The number of hydrogen-bond donors (Lipinski definition) is 1. The largest absolute Gasteiger partial charge is 0.379 e. The topological polar surface area (TPSA) is 59.4 Å². The molecule has 1 aromatic carbocycles. The maximum Gasteiger partial charge on any atom is 0.261 e. The van der Waals surface area contributed by atoms with Gasteiger partial charge in [0.25, 0.3) is 5.91 Å². The molecule has 31 heavy (non-hydrogen) atoms. The van der Waals surface area contributed by atoms with Crippen molar-refractivity contribution in [2.75, 3.05) is 32.8 Å². The minimum Gasteiger partial charge on any atom is -0.379 e. The molecule has 0 bridgehead atoms. The minimum atomic E-state index is -0.0324. The Morgan fingerprint density at radius 2 is 2.00 bits per heavy atom. The predicted molar refractivity (Wildman–Crippen MR) is 125 cm³/mol. The maximum absolute atomic E-state index is 13.1. The summed E-state index contributed by atoms with van der Waals surface area (Å²) in [5, 5.41) is 11.0. The molecule has 1 atom stereocenters. The highest BCUT2D eigenvalue weighted by Crippen LogP contribution is 2.31. The molecule has 0 spiro atoms. The summed E-state index contributed by atoms with van der Waals surface area (Å²) in [5.41, 5.74) is 1.93. The number of hydrogen-bond acceptors (Lipinski definition) is 6. The number of thiophene rings is 2. The number of rotatable bonds is 6. The molecular weight excluding hydrogens is 428 g/mol. The Labute approximate surface area is 189 Å². The van der Waals surface area contributed by atoms with Crippen LogP contribution in [0, 0.1) is 6.92 Å². The summed E-state index contributed by atoms with van der Waals surface area (Å²) in [6, 6.07) is 16.4. The standard InChI is InChI=1S/C23H24N4O2S2/c1-16-18-14-21(31-23(18)27(25-16)17-6-3-2-4-7-17)22(28)24-15-19(20-8-5-13-30-20)26-9-11-29-12-10-26/h2-8,13-14,19H,9-12,15H2,1H3,(H,24,28)/t19-/m1/s1. The number of amides is 1. The van der Waals surface area contributed by atoms with Gasteiger partial charge < -0.3 is 10.1 Å². The van der Waals surface area contributed by atoms with Crippen LogP contribution in [-0.4, -0.2) is 53.4 Å². The molecule has 1 aliphatic heterocycles. The van der Waals surface area contributed by atoms with Crippen LogP contribution in [0.25, 0.3) is 15.9 Å². The van der Waals surface area contributed by atoms with Gasteiger partial charge in [0, 0.05) is 29.9 Å². The Bertz CT molecular complexity index is 1160. The molecule has 8 heteroatoms. The van der Waals surface area contributed by atoms with Crippen molar-refractivity contribution in [1.82, 2.24) is 20.0 Å². The zero-order valence-electron chi connectivity index (χ0n) is 17.3. The Morgan fingerprint density at radius 3 is 2.74 bits per heavy atom. The van der Waals surface area contributed by atoms with Crippen molar-refractivity contribution in [3.63, 3.8) is 0 Å². The molecule has 5 rings (SSSR count). The van der Waals surface area contributed by atoms with Gasteiger partial charge in [0.05, 0.1) is 35.5 Å². The number of aryl methyl sites for hydroxylation is 1. The third-order valence-corrected chi connectivity index (χ3v) is 7.67. The van der Waals surface area contributed by atoms with Crippen molar-refractivity contribution in [1.29, 1.82) is 0 Å². The molecule has 160 valence electrons. The molecule has 0 aliphatic carbocycles. The number of morpholine rings is 1. The first-order chi connectivity index (χ1) is 15.2. The summed E-state index contributed by atoms with van der Waals surface area (Å²) < 4.78 is 7.44. The van der Waals surface area contributed by atoms with Crippen LogP contribution in [0.5, 0.6) is 0 Å². The van der Waals surface area contributed by atoms with E-state index in [2.05, 4.69) is 32.8 Å². The lowest BCUT2D eigenvalue weighted by molar-refractivity contribution is 0.0169. The van der Waals surface area contributed by atoms with Crippen molar-refractivity contribution in [2.45, 2.75) is 13.0 Å². The molecule has 0 unspecified atom stereocenters. The average molecular weight is 453 g/mol. The Morgan fingerprint density at radius 1 is 1.19 bits per heavy atom. The number of carbonyl (C=O) groups is 1. The molecule has 1 N–H and O–H groups in total. The molecular formula is C23H24N4O2S2. The van der Waals surface area contributed by atoms with Crippen LogP contribution in [0.2, 0.25) is 0 Å². The molecule has 0 radical (unpaired) electrons. The Balaban J connectivity index is 1.36. The molecule has 4 heterocycles. The van der Waals surface area contributed by atoms with Crippen LogP contribution in [0.1, 0.15) is 26.3 Å². The van der Waals surface area contributed by atoms with Gasteiger partial charge in [-0.15, -0.1) is 22.7 Å². The van der Waals surface area contributed by atoms with Crippen LogP contribution < -0.4 is 5.32 Å². The SMILES string of the molecule is Cc1nn(-c2ccccc2)c2sc(C(=O)NC[C@H](c3cccs3)N3CCOCC3)cc12. The number of para-hydroxylation sites is 1. The van der Waals surface area contributed by atoms with E-state index in [4.69, 9.17) is 4.74 Å². The van der Waals surface area contributed by atoms with E-state index in [1.165, 1.54) is 16.2 Å². The van der Waals surface area contributed by atoms with Gasteiger partial charge in [-0.2, -0.15) is 5.10 Å². The number of nitrogens with one attached hydrogen (secondary N) is 1. The quantitative estimate of drug-likeness (QED) is 0.475. The first-order valence-electron chi connectivity index (χ1n) is 10.4. The van der Waals surface area contributed by atoms with Crippen LogP contribution in [0.15, 0.2) is 53.9 Å². The normalized spacial score (nSPS) is 15.9. The zero-order chi connectivity index (χ0) is 21.2. The van der Waals surface area contributed by atoms with Gasteiger partial charge in [-0.1, -0.05) is 24.3 Å². The summed E-state index contributed by atoms with van der Waals surface area (Å²) in [6.07, 6.45) is 0. The highest BCUT2D eigenvalue weighted by molar-refractivity contribution is 7.20. The number of carbonyl (C=O) groups excluding carboxylic acids is 1. The molecule has 1 saturated heterocycles. The highest BCUT2D eigenvalue weighted by atomic mass is 32.1. The third-order valence-electron chi connectivity index (χ3n) is 5.58. The van der Waals surface area contributed by atoms with E-state index >= 15 is 0 Å².